The molecular weight excluding hydrogens is 224 g/mol. The first-order chi connectivity index (χ1) is 8.92. The van der Waals surface area contributed by atoms with E-state index in [0.717, 1.165) is 27.8 Å². The summed E-state index contributed by atoms with van der Waals surface area (Å²) in [7, 11) is 0. The van der Waals surface area contributed by atoms with Crippen LogP contribution < -0.4 is 0 Å². The topological polar surface area (TPSA) is 54.5 Å². The number of imidazole rings is 1. The van der Waals surface area contributed by atoms with Gasteiger partial charge in [0.05, 0.1) is 11.4 Å². The van der Waals surface area contributed by atoms with Crippen molar-refractivity contribution in [1.29, 1.82) is 0 Å². The van der Waals surface area contributed by atoms with Crippen LogP contribution in [-0.2, 0) is 0 Å². The monoisotopic (exact) mass is 234 g/mol. The number of benzene rings is 1. The normalized spacial score (nSPS) is 15.1. The predicted octanol–water partition coefficient (Wildman–Crippen LogP) is 2.72. The Kier molecular flexibility index (Phi) is 1.85. The van der Waals surface area contributed by atoms with Crippen molar-refractivity contribution in [2.24, 2.45) is 0 Å². The van der Waals surface area contributed by atoms with E-state index in [1.165, 1.54) is 0 Å². The molecule has 1 aliphatic carbocycles. The van der Waals surface area contributed by atoms with Gasteiger partial charge in [-0.25, -0.2) is 15.0 Å². The van der Waals surface area contributed by atoms with E-state index < -0.39 is 0 Å². The highest BCUT2D eigenvalue weighted by Crippen LogP contribution is 2.26. The first kappa shape index (κ1) is 9.53. The van der Waals surface area contributed by atoms with E-state index >= 15 is 0 Å². The quantitative estimate of drug-likeness (QED) is 0.704. The molecule has 0 saturated carbocycles. The largest absolute Gasteiger partial charge is 0.341 e. The van der Waals surface area contributed by atoms with Gasteiger partial charge in [0, 0.05) is 11.6 Å². The minimum absolute atomic E-state index is 0.245. The van der Waals surface area contributed by atoms with Gasteiger partial charge in [0.15, 0.2) is 0 Å². The number of aromatic amines is 1. The Morgan fingerprint density at radius 3 is 2.83 bits per heavy atom. The second-order valence-electron chi connectivity index (χ2n) is 4.34. The lowest BCUT2D eigenvalue weighted by Gasteiger charge is -1.97. The summed E-state index contributed by atoms with van der Waals surface area (Å²) in [4.78, 5) is 16.4. The van der Waals surface area contributed by atoms with Crippen molar-refractivity contribution in [2.45, 2.75) is 5.92 Å². The smallest absolute Gasteiger partial charge is 0.118 e. The summed E-state index contributed by atoms with van der Waals surface area (Å²) in [5.74, 6) is 1.20. The molecule has 0 fully saturated rings. The number of fused-ring (bicyclic) bond motifs is 3. The van der Waals surface area contributed by atoms with Crippen LogP contribution in [0, 0.1) is 0 Å². The Hall–Kier alpha value is -2.49. The summed E-state index contributed by atoms with van der Waals surface area (Å²) in [6.45, 7) is 0. The van der Waals surface area contributed by atoms with Gasteiger partial charge in [-0.1, -0.05) is 24.3 Å². The van der Waals surface area contributed by atoms with Crippen molar-refractivity contribution in [3.8, 4) is 0 Å². The van der Waals surface area contributed by atoms with Gasteiger partial charge in [0.1, 0.15) is 23.2 Å². The van der Waals surface area contributed by atoms with E-state index in [9.17, 15) is 0 Å². The standard InChI is InChI=1S/C14H10N4/c1-2-4-9(3-1)14-17-11-6-5-10-7-15-8-16-12(10)13(11)18-14/h1-9H,(H,17,18). The number of hydrogen-bond donors (Lipinski definition) is 1. The molecule has 1 aliphatic rings. The molecule has 0 saturated heterocycles. The predicted molar refractivity (Wildman–Crippen MR) is 70.2 cm³/mol. The molecule has 3 aromatic rings. The van der Waals surface area contributed by atoms with Crippen LogP contribution in [0.5, 0.6) is 0 Å². The van der Waals surface area contributed by atoms with Crippen molar-refractivity contribution < 1.29 is 0 Å². The molecule has 18 heavy (non-hydrogen) atoms. The van der Waals surface area contributed by atoms with Crippen molar-refractivity contribution in [3.05, 3.63) is 54.8 Å². The van der Waals surface area contributed by atoms with Crippen molar-refractivity contribution in [1.82, 2.24) is 19.9 Å². The SMILES string of the molecule is C1=CC(c2nc3c(ccc4cncnc43)[nH]2)C=C1. The average Bonchev–Trinajstić information content (AvgIpc) is 3.07. The molecule has 1 aromatic carbocycles. The van der Waals surface area contributed by atoms with Gasteiger partial charge >= 0.3 is 0 Å². The van der Waals surface area contributed by atoms with Crippen LogP contribution in [0.15, 0.2) is 49.0 Å². The number of H-pyrrole nitrogens is 1. The Bertz CT molecular complexity index is 786. The van der Waals surface area contributed by atoms with E-state index in [0.29, 0.717) is 0 Å². The molecule has 0 bridgehead atoms. The van der Waals surface area contributed by atoms with Gasteiger partial charge in [-0.15, -0.1) is 0 Å². The third-order valence-corrected chi connectivity index (χ3v) is 3.21. The lowest BCUT2D eigenvalue weighted by molar-refractivity contribution is 0.971. The summed E-state index contributed by atoms with van der Waals surface area (Å²) < 4.78 is 0. The highest BCUT2D eigenvalue weighted by Gasteiger charge is 2.13. The van der Waals surface area contributed by atoms with E-state index in [1.54, 1.807) is 6.33 Å². The second kappa shape index (κ2) is 3.50. The number of allylic oxidation sites excluding steroid dienone is 4. The van der Waals surface area contributed by atoms with E-state index in [2.05, 4.69) is 32.1 Å². The summed E-state index contributed by atoms with van der Waals surface area (Å²) in [5.41, 5.74) is 2.83. The van der Waals surface area contributed by atoms with Crippen LogP contribution in [0.25, 0.3) is 21.9 Å². The summed E-state index contributed by atoms with van der Waals surface area (Å²) in [6.07, 6.45) is 11.7. The molecule has 0 spiro atoms. The fourth-order valence-electron chi connectivity index (χ4n) is 2.31. The van der Waals surface area contributed by atoms with Crippen LogP contribution in [0.4, 0.5) is 0 Å². The molecule has 0 unspecified atom stereocenters. The Labute approximate surface area is 103 Å². The highest BCUT2D eigenvalue weighted by molar-refractivity contribution is 6.01. The third-order valence-electron chi connectivity index (χ3n) is 3.21. The van der Waals surface area contributed by atoms with Crippen molar-refractivity contribution >= 4 is 21.9 Å². The third kappa shape index (κ3) is 1.29. The zero-order chi connectivity index (χ0) is 11.9. The molecule has 4 heteroatoms. The minimum Gasteiger partial charge on any atom is -0.341 e. The maximum atomic E-state index is 4.67. The molecule has 86 valence electrons. The molecule has 0 aliphatic heterocycles. The van der Waals surface area contributed by atoms with Gasteiger partial charge in [-0.3, -0.25) is 0 Å². The number of rotatable bonds is 1. The Morgan fingerprint density at radius 1 is 1.06 bits per heavy atom. The summed E-state index contributed by atoms with van der Waals surface area (Å²) in [5, 5.41) is 1.01. The second-order valence-corrected chi connectivity index (χ2v) is 4.34. The molecule has 0 amide bonds. The lowest BCUT2D eigenvalue weighted by atomic mass is 10.2. The van der Waals surface area contributed by atoms with Crippen LogP contribution in [0.2, 0.25) is 0 Å². The Balaban J connectivity index is 2.01. The van der Waals surface area contributed by atoms with Gasteiger partial charge in [0.25, 0.3) is 0 Å². The zero-order valence-corrected chi connectivity index (χ0v) is 9.54. The van der Waals surface area contributed by atoms with Crippen LogP contribution in [0.3, 0.4) is 0 Å². The number of nitrogens with zero attached hydrogens (tertiary/aromatic N) is 3. The van der Waals surface area contributed by atoms with Crippen LogP contribution >= 0.6 is 0 Å². The van der Waals surface area contributed by atoms with Gasteiger partial charge in [-0.05, 0) is 12.1 Å². The lowest BCUT2D eigenvalue weighted by Crippen LogP contribution is -1.90. The molecule has 1 N–H and O–H groups in total. The van der Waals surface area contributed by atoms with Crippen molar-refractivity contribution in [3.63, 3.8) is 0 Å². The summed E-state index contributed by atoms with van der Waals surface area (Å²) >= 11 is 0. The molecular formula is C14H10N4. The summed E-state index contributed by atoms with van der Waals surface area (Å²) in [6, 6.07) is 4.04. The van der Waals surface area contributed by atoms with Gasteiger partial charge < -0.3 is 4.98 Å². The van der Waals surface area contributed by atoms with Crippen LogP contribution in [-0.4, -0.2) is 19.9 Å². The molecule has 2 heterocycles. The molecule has 4 rings (SSSR count). The van der Waals surface area contributed by atoms with Crippen molar-refractivity contribution in [2.75, 3.05) is 0 Å². The number of nitrogens with one attached hydrogen (secondary N) is 1. The Morgan fingerprint density at radius 2 is 1.94 bits per heavy atom. The molecule has 2 aromatic heterocycles. The van der Waals surface area contributed by atoms with Gasteiger partial charge in [-0.2, -0.15) is 0 Å². The minimum atomic E-state index is 0.245. The zero-order valence-electron chi connectivity index (χ0n) is 9.54. The molecule has 0 atom stereocenters. The highest BCUT2D eigenvalue weighted by atomic mass is 14.9. The van der Waals surface area contributed by atoms with Crippen LogP contribution in [0.1, 0.15) is 11.7 Å². The van der Waals surface area contributed by atoms with Gasteiger partial charge in [0.2, 0.25) is 0 Å². The number of aromatic nitrogens is 4. The maximum Gasteiger partial charge on any atom is 0.118 e. The van der Waals surface area contributed by atoms with E-state index in [1.807, 2.05) is 30.5 Å². The molecule has 0 radical (unpaired) electrons. The fraction of sp³-hybridized carbons (Fsp3) is 0.0714. The average molecular weight is 234 g/mol. The first-order valence-corrected chi connectivity index (χ1v) is 5.85. The van der Waals surface area contributed by atoms with E-state index in [-0.39, 0.29) is 5.92 Å². The first-order valence-electron chi connectivity index (χ1n) is 5.85. The fourth-order valence-corrected chi connectivity index (χ4v) is 2.31. The molecule has 4 nitrogen and oxygen atoms in total. The van der Waals surface area contributed by atoms with E-state index in [4.69, 9.17) is 0 Å². The number of hydrogen-bond acceptors (Lipinski definition) is 3. The maximum absolute atomic E-state index is 4.67.